The Balaban J connectivity index is 1.34. The van der Waals surface area contributed by atoms with Gasteiger partial charge in [-0.25, -0.2) is 15.0 Å². The van der Waals surface area contributed by atoms with Crippen molar-refractivity contribution in [3.05, 3.63) is 58.4 Å². The topological polar surface area (TPSA) is 137 Å². The summed E-state index contributed by atoms with van der Waals surface area (Å²) in [6.45, 7) is 3.52. The number of ketones is 1. The highest BCUT2D eigenvalue weighted by molar-refractivity contribution is 8.04. The molecule has 8 nitrogen and oxygen atoms in total. The minimum atomic E-state index is -0.368. The van der Waals surface area contributed by atoms with Crippen LogP contribution < -0.4 is 17.2 Å². The van der Waals surface area contributed by atoms with Gasteiger partial charge in [0, 0.05) is 25.3 Å². The fourth-order valence-electron chi connectivity index (χ4n) is 5.16. The van der Waals surface area contributed by atoms with Gasteiger partial charge in [-0.3, -0.25) is 4.79 Å². The van der Waals surface area contributed by atoms with E-state index < -0.39 is 0 Å². The van der Waals surface area contributed by atoms with E-state index in [0.717, 1.165) is 38.2 Å². The van der Waals surface area contributed by atoms with Crippen LogP contribution in [0.15, 0.2) is 57.3 Å². The average molecular weight is 450 g/mol. The number of carbonyl (C=O) groups is 1. The van der Waals surface area contributed by atoms with Gasteiger partial charge in [-0.05, 0) is 48.8 Å². The first-order chi connectivity index (χ1) is 15.4. The number of allylic oxidation sites excluding steroid dienone is 1. The Morgan fingerprint density at radius 2 is 1.91 bits per heavy atom. The monoisotopic (exact) mass is 449 g/mol. The lowest BCUT2D eigenvalue weighted by atomic mass is 9.73. The fourth-order valence-corrected chi connectivity index (χ4v) is 6.07. The van der Waals surface area contributed by atoms with Gasteiger partial charge < -0.3 is 22.1 Å². The summed E-state index contributed by atoms with van der Waals surface area (Å²) in [6, 6.07) is 10.3. The number of benzene rings is 1. The van der Waals surface area contributed by atoms with E-state index in [-0.39, 0.29) is 34.9 Å². The van der Waals surface area contributed by atoms with Gasteiger partial charge in [-0.2, -0.15) is 0 Å². The molecule has 1 unspecified atom stereocenters. The minimum Gasteiger partial charge on any atom is -0.383 e. The molecular weight excluding hydrogens is 422 g/mol. The molecule has 5 rings (SSSR count). The molecule has 1 fully saturated rings. The quantitative estimate of drug-likeness (QED) is 0.594. The van der Waals surface area contributed by atoms with Crippen LogP contribution in [0, 0.1) is 11.3 Å². The van der Waals surface area contributed by atoms with Crippen molar-refractivity contribution in [2.24, 2.45) is 27.8 Å². The van der Waals surface area contributed by atoms with Crippen LogP contribution >= 0.6 is 11.8 Å². The maximum Gasteiger partial charge on any atom is 0.221 e. The lowest BCUT2D eigenvalue weighted by Gasteiger charge is -2.44. The lowest BCUT2D eigenvalue weighted by Crippen LogP contribution is -2.49. The zero-order valence-electron chi connectivity index (χ0n) is 18.0. The number of likely N-dealkylation sites (tertiary alicyclic amines) is 1. The highest BCUT2D eigenvalue weighted by Crippen LogP contribution is 2.51. The van der Waals surface area contributed by atoms with Crippen LogP contribution in [0.4, 0.5) is 5.95 Å². The largest absolute Gasteiger partial charge is 0.383 e. The normalized spacial score (nSPS) is 24.6. The molecule has 2 aromatic rings. The SMILES string of the molecule is C[C@@H]1C(=O)C(Sc2ccnc(N)n2)=C(N)N=C1N1CCC2(CC1)Cc1ccccc1C2N. The number of rotatable bonds is 2. The molecule has 0 saturated carbocycles. The Hall–Kier alpha value is -2.91. The van der Waals surface area contributed by atoms with Gasteiger partial charge in [0.15, 0.2) is 5.78 Å². The van der Waals surface area contributed by atoms with E-state index in [4.69, 9.17) is 17.2 Å². The second-order valence-electron chi connectivity index (χ2n) is 8.83. The number of nitrogens with zero attached hydrogens (tertiary/aromatic N) is 4. The standard InChI is InChI=1S/C23H27N7OS/c1-13-17(31)18(32-16-6-9-27-22(26)28-16)20(25)29-21(13)30-10-7-23(8-11-30)12-14-4-2-3-5-15(14)19(23)24/h2-6,9,13,19H,7-8,10-12,24-25H2,1H3,(H2,26,27,28)/t13-,19?/m1/s1. The Labute approximate surface area is 191 Å². The summed E-state index contributed by atoms with van der Waals surface area (Å²) >= 11 is 1.19. The number of aliphatic imine (C=N–C) groups is 1. The number of Topliss-reactive ketones (excluding diaryl/α,β-unsaturated/α-hetero) is 1. The first-order valence-corrected chi connectivity index (χ1v) is 11.7. The van der Waals surface area contributed by atoms with Crippen molar-refractivity contribution in [2.75, 3.05) is 18.8 Å². The zero-order valence-corrected chi connectivity index (χ0v) is 18.8. The van der Waals surface area contributed by atoms with Crippen molar-refractivity contribution in [1.82, 2.24) is 14.9 Å². The molecule has 6 N–H and O–H groups in total. The maximum absolute atomic E-state index is 13.2. The van der Waals surface area contributed by atoms with E-state index >= 15 is 0 Å². The average Bonchev–Trinajstić information content (AvgIpc) is 3.06. The molecule has 1 aromatic heterocycles. The molecular formula is C23H27N7OS. The van der Waals surface area contributed by atoms with E-state index in [0.29, 0.717) is 9.93 Å². The molecule has 2 aliphatic heterocycles. The highest BCUT2D eigenvalue weighted by Gasteiger charge is 2.47. The Morgan fingerprint density at radius 1 is 1.16 bits per heavy atom. The van der Waals surface area contributed by atoms with Gasteiger partial charge in [0.05, 0.1) is 10.8 Å². The molecule has 166 valence electrons. The number of nitrogens with two attached hydrogens (primary N) is 3. The van der Waals surface area contributed by atoms with Crippen molar-refractivity contribution < 1.29 is 4.79 Å². The lowest BCUT2D eigenvalue weighted by molar-refractivity contribution is -0.116. The van der Waals surface area contributed by atoms with E-state index in [1.165, 1.54) is 22.9 Å². The van der Waals surface area contributed by atoms with E-state index in [1.807, 2.05) is 6.92 Å². The molecule has 3 aliphatic rings. The fraction of sp³-hybridized carbons (Fsp3) is 0.391. The molecule has 0 radical (unpaired) electrons. The van der Waals surface area contributed by atoms with Crippen LogP contribution in [0.1, 0.15) is 36.9 Å². The third-order valence-corrected chi connectivity index (χ3v) is 8.05. The Morgan fingerprint density at radius 3 is 2.62 bits per heavy atom. The van der Waals surface area contributed by atoms with Crippen molar-refractivity contribution in [3.8, 4) is 0 Å². The molecule has 1 aliphatic carbocycles. The van der Waals surface area contributed by atoms with Crippen LogP contribution in [0.25, 0.3) is 0 Å². The number of aromatic nitrogens is 2. The van der Waals surface area contributed by atoms with Gasteiger partial charge in [-0.1, -0.05) is 36.0 Å². The number of anilines is 1. The predicted octanol–water partition coefficient (Wildman–Crippen LogP) is 2.23. The van der Waals surface area contributed by atoms with Crippen molar-refractivity contribution in [1.29, 1.82) is 0 Å². The summed E-state index contributed by atoms with van der Waals surface area (Å²) in [6.07, 6.45) is 4.51. The summed E-state index contributed by atoms with van der Waals surface area (Å²) in [7, 11) is 0. The number of amidine groups is 1. The molecule has 9 heteroatoms. The predicted molar refractivity (Wildman–Crippen MR) is 125 cm³/mol. The van der Waals surface area contributed by atoms with Crippen molar-refractivity contribution in [3.63, 3.8) is 0 Å². The molecule has 1 saturated heterocycles. The molecule has 1 spiro atoms. The smallest absolute Gasteiger partial charge is 0.221 e. The zero-order chi connectivity index (χ0) is 22.5. The number of fused-ring (bicyclic) bond motifs is 1. The van der Waals surface area contributed by atoms with Crippen LogP contribution in [0.5, 0.6) is 0 Å². The summed E-state index contributed by atoms with van der Waals surface area (Å²) in [5, 5.41) is 0.573. The Kier molecular flexibility index (Phi) is 5.17. The van der Waals surface area contributed by atoms with E-state index in [9.17, 15) is 4.79 Å². The summed E-state index contributed by atoms with van der Waals surface area (Å²) in [5.41, 5.74) is 21.3. The third-order valence-electron chi connectivity index (χ3n) is 7.00. The van der Waals surface area contributed by atoms with E-state index in [2.05, 4.69) is 44.1 Å². The molecule has 32 heavy (non-hydrogen) atoms. The summed E-state index contributed by atoms with van der Waals surface area (Å²) < 4.78 is 0. The van der Waals surface area contributed by atoms with Crippen LogP contribution in [-0.2, 0) is 11.2 Å². The number of thioether (sulfide) groups is 1. The van der Waals surface area contributed by atoms with Crippen LogP contribution in [0.2, 0.25) is 0 Å². The van der Waals surface area contributed by atoms with Gasteiger partial charge in [0.1, 0.15) is 16.7 Å². The minimum absolute atomic E-state index is 0.0417. The first kappa shape index (κ1) is 21.0. The van der Waals surface area contributed by atoms with Crippen LogP contribution in [0.3, 0.4) is 0 Å². The first-order valence-electron chi connectivity index (χ1n) is 10.9. The maximum atomic E-state index is 13.2. The van der Waals surface area contributed by atoms with Crippen molar-refractivity contribution in [2.45, 2.75) is 37.3 Å². The summed E-state index contributed by atoms with van der Waals surface area (Å²) in [5.74, 6) is 0.727. The molecule has 3 heterocycles. The molecule has 1 aromatic carbocycles. The van der Waals surface area contributed by atoms with Crippen molar-refractivity contribution >= 4 is 29.3 Å². The Bertz CT molecular complexity index is 1140. The van der Waals surface area contributed by atoms with Gasteiger partial charge in [0.25, 0.3) is 0 Å². The second kappa shape index (κ2) is 7.90. The van der Waals surface area contributed by atoms with Gasteiger partial charge >= 0.3 is 0 Å². The molecule has 0 amide bonds. The molecule has 2 atom stereocenters. The highest BCUT2D eigenvalue weighted by atomic mass is 32.2. The van der Waals surface area contributed by atoms with Crippen LogP contribution in [-0.4, -0.2) is 39.6 Å². The number of nitrogen functional groups attached to an aromatic ring is 1. The number of piperidine rings is 1. The number of carbonyl (C=O) groups excluding carboxylic acids is 1. The number of hydrogen-bond acceptors (Lipinski definition) is 9. The van der Waals surface area contributed by atoms with Gasteiger partial charge in [0.2, 0.25) is 5.95 Å². The summed E-state index contributed by atoms with van der Waals surface area (Å²) in [4.78, 5) is 28.5. The number of hydrogen-bond donors (Lipinski definition) is 3. The third kappa shape index (κ3) is 3.45. The van der Waals surface area contributed by atoms with Gasteiger partial charge in [-0.15, -0.1) is 0 Å². The van der Waals surface area contributed by atoms with E-state index in [1.54, 1.807) is 12.3 Å². The second-order valence-corrected chi connectivity index (χ2v) is 9.86. The molecule has 0 bridgehead atoms.